The fourth-order valence-electron chi connectivity index (χ4n) is 2.48. The molecule has 2 rings (SSSR count). The fourth-order valence-corrected chi connectivity index (χ4v) is 2.48. The third-order valence-electron chi connectivity index (χ3n) is 3.29. The summed E-state index contributed by atoms with van der Waals surface area (Å²) in [5.74, 6) is -0.625. The van der Waals surface area contributed by atoms with Gasteiger partial charge in [0, 0.05) is 10.5 Å². The number of azide groups is 1. The van der Waals surface area contributed by atoms with Crippen LogP contribution < -0.4 is 0 Å². The van der Waals surface area contributed by atoms with E-state index in [0.29, 0.717) is 36.0 Å². The lowest BCUT2D eigenvalue weighted by molar-refractivity contribution is -0.385. The lowest BCUT2D eigenvalue weighted by atomic mass is 9.84. The van der Waals surface area contributed by atoms with Gasteiger partial charge in [0.2, 0.25) is 0 Å². The topological polar surface area (TPSA) is 91.9 Å². The summed E-state index contributed by atoms with van der Waals surface area (Å²) in [4.78, 5) is 13.1. The molecule has 0 amide bonds. The van der Waals surface area contributed by atoms with Crippen molar-refractivity contribution in [1.82, 2.24) is 0 Å². The minimum atomic E-state index is -0.625. The fraction of sp³-hybridized carbons (Fsp3) is 0.455. The summed E-state index contributed by atoms with van der Waals surface area (Å²) in [6, 6.07) is 0.445. The number of nitrogens with zero attached hydrogens (tertiary/aromatic N) is 4. The predicted molar refractivity (Wildman–Crippen MR) is 62.6 cm³/mol. The van der Waals surface area contributed by atoms with Gasteiger partial charge in [-0.1, -0.05) is 5.11 Å². The lowest BCUT2D eigenvalue weighted by Gasteiger charge is -2.23. The molecule has 0 heterocycles. The highest BCUT2D eigenvalue weighted by molar-refractivity contribution is 5.52. The second-order valence-corrected chi connectivity index (χ2v) is 4.26. The first-order valence-corrected chi connectivity index (χ1v) is 5.56. The van der Waals surface area contributed by atoms with E-state index >= 15 is 0 Å². The van der Waals surface area contributed by atoms with E-state index in [1.54, 1.807) is 6.92 Å². The minimum absolute atomic E-state index is 0.217. The van der Waals surface area contributed by atoms with E-state index in [2.05, 4.69) is 10.0 Å². The molecule has 0 spiro atoms. The Bertz CT molecular complexity index is 567. The van der Waals surface area contributed by atoms with E-state index in [1.165, 1.54) is 0 Å². The van der Waals surface area contributed by atoms with Crippen molar-refractivity contribution in [1.29, 1.82) is 0 Å². The monoisotopic (exact) mass is 250 g/mol. The summed E-state index contributed by atoms with van der Waals surface area (Å²) < 4.78 is 13.7. The summed E-state index contributed by atoms with van der Waals surface area (Å²) in [5.41, 5.74) is 9.63. The summed E-state index contributed by atoms with van der Waals surface area (Å²) in [6.07, 6.45) is 1.81. The number of benzene rings is 1. The van der Waals surface area contributed by atoms with Gasteiger partial charge in [0.1, 0.15) is 5.82 Å². The maximum Gasteiger partial charge on any atom is 0.275 e. The van der Waals surface area contributed by atoms with Crippen LogP contribution in [0.2, 0.25) is 0 Å². The number of hydrogen-bond donors (Lipinski definition) is 0. The molecular formula is C11H11FN4O2. The summed E-state index contributed by atoms with van der Waals surface area (Å²) >= 11 is 0. The van der Waals surface area contributed by atoms with Gasteiger partial charge < -0.3 is 0 Å². The van der Waals surface area contributed by atoms with Crippen LogP contribution in [0.25, 0.3) is 10.4 Å². The highest BCUT2D eigenvalue weighted by Gasteiger charge is 2.29. The van der Waals surface area contributed by atoms with Gasteiger partial charge in [-0.2, -0.15) is 0 Å². The molecule has 0 aromatic heterocycles. The van der Waals surface area contributed by atoms with Gasteiger partial charge in [-0.25, -0.2) is 4.39 Å². The number of nitro benzene ring substituents is 1. The number of halogens is 1. The molecule has 1 aliphatic carbocycles. The average Bonchev–Trinajstić information content (AvgIpc) is 2.33. The Morgan fingerprint density at radius 1 is 1.67 bits per heavy atom. The quantitative estimate of drug-likeness (QED) is 0.263. The standard InChI is InChI=1S/C11H11FN4O2/c1-6-8(12)5-10(16(17)18)7-3-2-4-9(11(6)7)14-15-13/h5,9H,2-4H2,1H3. The van der Waals surface area contributed by atoms with Gasteiger partial charge in [0.05, 0.1) is 17.0 Å². The van der Waals surface area contributed by atoms with Crippen LogP contribution in [0.4, 0.5) is 10.1 Å². The first-order chi connectivity index (χ1) is 8.56. The third kappa shape index (κ3) is 1.89. The Balaban J connectivity index is 2.72. The van der Waals surface area contributed by atoms with E-state index in [-0.39, 0.29) is 5.69 Å². The zero-order valence-corrected chi connectivity index (χ0v) is 9.76. The summed E-state index contributed by atoms with van der Waals surface area (Å²) in [7, 11) is 0. The van der Waals surface area contributed by atoms with Crippen LogP contribution in [-0.2, 0) is 6.42 Å². The highest BCUT2D eigenvalue weighted by Crippen LogP contribution is 2.40. The van der Waals surface area contributed by atoms with Gasteiger partial charge in [-0.05, 0) is 42.8 Å². The van der Waals surface area contributed by atoms with Crippen LogP contribution in [0.5, 0.6) is 0 Å². The molecule has 7 heteroatoms. The zero-order chi connectivity index (χ0) is 13.3. The number of nitro groups is 1. The van der Waals surface area contributed by atoms with Crippen molar-refractivity contribution in [3.05, 3.63) is 49.1 Å². The second kappa shape index (κ2) is 4.62. The minimum Gasteiger partial charge on any atom is -0.258 e. The number of fused-ring (bicyclic) bond motifs is 1. The van der Waals surface area contributed by atoms with Crippen molar-refractivity contribution in [2.75, 3.05) is 0 Å². The van der Waals surface area contributed by atoms with Crippen LogP contribution in [0.1, 0.15) is 35.6 Å². The molecule has 0 radical (unpaired) electrons. The molecule has 1 aliphatic rings. The van der Waals surface area contributed by atoms with Crippen molar-refractivity contribution in [3.63, 3.8) is 0 Å². The molecule has 1 aromatic rings. The van der Waals surface area contributed by atoms with Gasteiger partial charge >= 0.3 is 0 Å². The second-order valence-electron chi connectivity index (χ2n) is 4.26. The smallest absolute Gasteiger partial charge is 0.258 e. The zero-order valence-electron chi connectivity index (χ0n) is 9.76. The van der Waals surface area contributed by atoms with Crippen LogP contribution in [-0.4, -0.2) is 4.92 Å². The molecule has 0 bridgehead atoms. The SMILES string of the molecule is Cc1c(F)cc([N+](=O)[O-])c2c1C(N=[N+]=[N-])CCC2. The summed E-state index contributed by atoms with van der Waals surface area (Å²) in [5, 5.41) is 14.6. The van der Waals surface area contributed by atoms with Crippen molar-refractivity contribution >= 4 is 5.69 Å². The number of hydrogen-bond acceptors (Lipinski definition) is 3. The molecule has 1 aromatic carbocycles. The van der Waals surface area contributed by atoms with Crippen molar-refractivity contribution in [2.24, 2.45) is 5.11 Å². The molecule has 0 fully saturated rings. The van der Waals surface area contributed by atoms with Gasteiger partial charge in [0.15, 0.2) is 0 Å². The third-order valence-corrected chi connectivity index (χ3v) is 3.29. The van der Waals surface area contributed by atoms with Crippen LogP contribution >= 0.6 is 0 Å². The number of rotatable bonds is 2. The van der Waals surface area contributed by atoms with Crippen molar-refractivity contribution in [3.8, 4) is 0 Å². The van der Waals surface area contributed by atoms with E-state index in [0.717, 1.165) is 6.07 Å². The Labute approximate surface area is 102 Å². The first-order valence-electron chi connectivity index (χ1n) is 5.56. The van der Waals surface area contributed by atoms with Crippen LogP contribution in [0.3, 0.4) is 0 Å². The van der Waals surface area contributed by atoms with Crippen molar-refractivity contribution < 1.29 is 9.31 Å². The Morgan fingerprint density at radius 2 is 2.39 bits per heavy atom. The lowest BCUT2D eigenvalue weighted by Crippen LogP contribution is -2.13. The molecule has 0 saturated carbocycles. The molecule has 0 aliphatic heterocycles. The maximum absolute atomic E-state index is 13.7. The van der Waals surface area contributed by atoms with E-state index < -0.39 is 16.8 Å². The van der Waals surface area contributed by atoms with Gasteiger partial charge in [-0.15, -0.1) is 0 Å². The molecular weight excluding hydrogens is 239 g/mol. The average molecular weight is 250 g/mol. The van der Waals surface area contributed by atoms with Crippen LogP contribution in [0, 0.1) is 22.9 Å². The molecule has 94 valence electrons. The molecule has 1 unspecified atom stereocenters. The summed E-state index contributed by atoms with van der Waals surface area (Å²) in [6.45, 7) is 1.56. The molecule has 0 saturated heterocycles. The van der Waals surface area contributed by atoms with E-state index in [1.807, 2.05) is 0 Å². The maximum atomic E-state index is 13.7. The largest absolute Gasteiger partial charge is 0.275 e. The molecule has 1 atom stereocenters. The van der Waals surface area contributed by atoms with E-state index in [9.17, 15) is 14.5 Å². The Hall–Kier alpha value is -2.14. The molecule has 18 heavy (non-hydrogen) atoms. The molecule has 0 N–H and O–H groups in total. The first kappa shape index (κ1) is 12.3. The highest BCUT2D eigenvalue weighted by atomic mass is 19.1. The normalized spacial score (nSPS) is 17.8. The van der Waals surface area contributed by atoms with Crippen LogP contribution in [0.15, 0.2) is 11.2 Å². The van der Waals surface area contributed by atoms with Gasteiger partial charge in [-0.3, -0.25) is 10.1 Å². The predicted octanol–water partition coefficient (Wildman–Crippen LogP) is 3.73. The Kier molecular flexibility index (Phi) is 3.16. The van der Waals surface area contributed by atoms with Crippen molar-refractivity contribution in [2.45, 2.75) is 32.2 Å². The van der Waals surface area contributed by atoms with E-state index in [4.69, 9.17) is 5.53 Å². The Morgan fingerprint density at radius 3 is 3.00 bits per heavy atom. The molecule has 6 nitrogen and oxygen atoms in total. The van der Waals surface area contributed by atoms with Gasteiger partial charge in [0.25, 0.3) is 5.69 Å².